The molecule has 1 heterocycles. The predicted octanol–water partition coefficient (Wildman–Crippen LogP) is 2.57. The first kappa shape index (κ1) is 16.3. The van der Waals surface area contributed by atoms with Gasteiger partial charge in [0.1, 0.15) is 0 Å². The van der Waals surface area contributed by atoms with Crippen molar-refractivity contribution in [1.29, 1.82) is 0 Å². The minimum absolute atomic E-state index is 0.427. The van der Waals surface area contributed by atoms with E-state index in [0.29, 0.717) is 17.5 Å². The third kappa shape index (κ3) is 3.37. The first-order valence-corrected chi connectivity index (χ1v) is 8.61. The molecular formula is C17H35N3. The van der Waals surface area contributed by atoms with Crippen molar-refractivity contribution in [1.82, 2.24) is 15.1 Å². The van der Waals surface area contributed by atoms with Crippen molar-refractivity contribution in [2.45, 2.75) is 71.0 Å². The lowest BCUT2D eigenvalue weighted by molar-refractivity contribution is 0.0233. The highest BCUT2D eigenvalue weighted by Gasteiger charge is 2.41. The van der Waals surface area contributed by atoms with Crippen molar-refractivity contribution in [3.05, 3.63) is 0 Å². The molecule has 0 amide bonds. The molecule has 2 rings (SSSR count). The van der Waals surface area contributed by atoms with Gasteiger partial charge in [0.05, 0.1) is 0 Å². The summed E-state index contributed by atoms with van der Waals surface area (Å²) in [6, 6.07) is 2.12. The molecule has 0 aromatic rings. The summed E-state index contributed by atoms with van der Waals surface area (Å²) < 4.78 is 0. The van der Waals surface area contributed by atoms with Crippen molar-refractivity contribution in [2.24, 2.45) is 5.41 Å². The number of nitrogens with one attached hydrogen (secondary N) is 1. The smallest absolute Gasteiger partial charge is 0.0271 e. The highest BCUT2D eigenvalue weighted by Crippen LogP contribution is 2.38. The van der Waals surface area contributed by atoms with Gasteiger partial charge in [-0.3, -0.25) is 4.90 Å². The maximum atomic E-state index is 3.63. The Morgan fingerprint density at radius 2 is 1.85 bits per heavy atom. The zero-order valence-corrected chi connectivity index (χ0v) is 14.3. The monoisotopic (exact) mass is 281 g/mol. The highest BCUT2D eigenvalue weighted by molar-refractivity contribution is 4.98. The first-order valence-electron chi connectivity index (χ1n) is 8.61. The summed E-state index contributed by atoms with van der Waals surface area (Å²) in [4.78, 5) is 5.31. The molecular weight excluding hydrogens is 246 g/mol. The van der Waals surface area contributed by atoms with E-state index in [4.69, 9.17) is 0 Å². The normalized spacial score (nSPS) is 32.7. The molecule has 118 valence electrons. The molecule has 2 unspecified atom stereocenters. The Morgan fingerprint density at radius 1 is 1.20 bits per heavy atom. The molecule has 3 heteroatoms. The zero-order chi connectivity index (χ0) is 14.8. The van der Waals surface area contributed by atoms with Crippen LogP contribution in [-0.2, 0) is 0 Å². The van der Waals surface area contributed by atoms with E-state index in [0.717, 1.165) is 6.04 Å². The lowest BCUT2D eigenvalue weighted by Crippen LogP contribution is -2.60. The predicted molar refractivity (Wildman–Crippen MR) is 87.2 cm³/mol. The Kier molecular flexibility index (Phi) is 5.49. The van der Waals surface area contributed by atoms with Gasteiger partial charge >= 0.3 is 0 Å². The molecule has 0 spiro atoms. The van der Waals surface area contributed by atoms with Crippen LogP contribution in [-0.4, -0.2) is 61.7 Å². The number of piperidine rings is 1. The fraction of sp³-hybridized carbons (Fsp3) is 1.00. The Hall–Kier alpha value is -0.120. The van der Waals surface area contributed by atoms with Crippen molar-refractivity contribution < 1.29 is 0 Å². The van der Waals surface area contributed by atoms with Crippen LogP contribution in [0.25, 0.3) is 0 Å². The van der Waals surface area contributed by atoms with Crippen LogP contribution >= 0.6 is 0 Å². The quantitative estimate of drug-likeness (QED) is 0.854. The molecule has 3 nitrogen and oxygen atoms in total. The SMILES string of the molecule is CCN1CCC(N(C)C2CCCC(C)(C)C2NC)CC1. The number of rotatable bonds is 4. The zero-order valence-electron chi connectivity index (χ0n) is 14.3. The van der Waals surface area contributed by atoms with Crippen LogP contribution in [0.3, 0.4) is 0 Å². The molecule has 0 radical (unpaired) electrons. The van der Waals surface area contributed by atoms with E-state index in [1.165, 1.54) is 51.7 Å². The molecule has 2 fully saturated rings. The lowest BCUT2D eigenvalue weighted by Gasteiger charge is -2.50. The second-order valence-corrected chi connectivity index (χ2v) is 7.55. The van der Waals surface area contributed by atoms with E-state index in [2.05, 4.69) is 50.0 Å². The van der Waals surface area contributed by atoms with Gasteiger partial charge in [-0.25, -0.2) is 0 Å². The molecule has 1 saturated heterocycles. The molecule has 0 aromatic carbocycles. The van der Waals surface area contributed by atoms with Crippen molar-refractivity contribution in [3.63, 3.8) is 0 Å². The third-order valence-electron chi connectivity index (χ3n) is 5.96. The van der Waals surface area contributed by atoms with Gasteiger partial charge in [0.2, 0.25) is 0 Å². The molecule has 0 bridgehead atoms. The van der Waals surface area contributed by atoms with E-state index in [1.807, 2.05) is 0 Å². The average Bonchev–Trinajstić information content (AvgIpc) is 2.45. The lowest BCUT2D eigenvalue weighted by atomic mass is 9.70. The molecule has 1 N–H and O–H groups in total. The van der Waals surface area contributed by atoms with Crippen LogP contribution in [0.2, 0.25) is 0 Å². The van der Waals surface area contributed by atoms with Crippen molar-refractivity contribution in [3.8, 4) is 0 Å². The molecule has 1 aliphatic carbocycles. The van der Waals surface area contributed by atoms with E-state index >= 15 is 0 Å². The maximum Gasteiger partial charge on any atom is 0.0271 e. The van der Waals surface area contributed by atoms with Gasteiger partial charge in [0.15, 0.2) is 0 Å². The summed E-state index contributed by atoms with van der Waals surface area (Å²) in [5, 5.41) is 3.63. The van der Waals surface area contributed by atoms with Gasteiger partial charge in [-0.15, -0.1) is 0 Å². The number of likely N-dealkylation sites (tertiary alicyclic amines) is 1. The molecule has 1 aliphatic heterocycles. The minimum atomic E-state index is 0.427. The van der Waals surface area contributed by atoms with E-state index < -0.39 is 0 Å². The van der Waals surface area contributed by atoms with Crippen molar-refractivity contribution in [2.75, 3.05) is 33.7 Å². The van der Waals surface area contributed by atoms with Crippen molar-refractivity contribution >= 4 is 0 Å². The van der Waals surface area contributed by atoms with Gasteiger partial charge in [0, 0.05) is 18.1 Å². The first-order chi connectivity index (χ1) is 9.49. The average molecular weight is 281 g/mol. The van der Waals surface area contributed by atoms with Gasteiger partial charge in [-0.2, -0.15) is 0 Å². The topological polar surface area (TPSA) is 18.5 Å². The third-order valence-corrected chi connectivity index (χ3v) is 5.96. The Morgan fingerprint density at radius 3 is 2.40 bits per heavy atom. The van der Waals surface area contributed by atoms with Crippen LogP contribution in [0.4, 0.5) is 0 Å². The Bertz CT molecular complexity index is 295. The van der Waals surface area contributed by atoms with Gasteiger partial charge in [0.25, 0.3) is 0 Å². The largest absolute Gasteiger partial charge is 0.315 e. The van der Waals surface area contributed by atoms with Crippen LogP contribution in [0, 0.1) is 5.41 Å². The van der Waals surface area contributed by atoms with Crippen LogP contribution in [0.15, 0.2) is 0 Å². The number of hydrogen-bond acceptors (Lipinski definition) is 3. The van der Waals surface area contributed by atoms with Crippen LogP contribution < -0.4 is 5.32 Å². The minimum Gasteiger partial charge on any atom is -0.315 e. The summed E-state index contributed by atoms with van der Waals surface area (Å²) >= 11 is 0. The molecule has 0 aromatic heterocycles. The second kappa shape index (κ2) is 6.76. The fourth-order valence-corrected chi connectivity index (χ4v) is 4.55. The Balaban J connectivity index is 1.99. The highest BCUT2D eigenvalue weighted by atomic mass is 15.2. The summed E-state index contributed by atoms with van der Waals surface area (Å²) in [6.45, 7) is 10.9. The van der Waals surface area contributed by atoms with Gasteiger partial charge in [-0.05, 0) is 64.8 Å². The standard InChI is InChI=1S/C17H35N3/c1-6-20-12-9-14(10-13-20)19(5)15-8-7-11-17(2,3)16(15)18-4/h14-16,18H,6-13H2,1-5H3. The number of hydrogen-bond donors (Lipinski definition) is 1. The Labute approximate surface area is 126 Å². The summed E-state index contributed by atoms with van der Waals surface area (Å²) in [5.41, 5.74) is 0.427. The second-order valence-electron chi connectivity index (χ2n) is 7.55. The maximum absolute atomic E-state index is 3.63. The number of nitrogens with zero attached hydrogens (tertiary/aromatic N) is 2. The summed E-state index contributed by atoms with van der Waals surface area (Å²) in [5.74, 6) is 0. The van der Waals surface area contributed by atoms with Gasteiger partial charge < -0.3 is 10.2 Å². The molecule has 2 atom stereocenters. The van der Waals surface area contributed by atoms with Gasteiger partial charge in [-0.1, -0.05) is 27.2 Å². The summed E-state index contributed by atoms with van der Waals surface area (Å²) in [6.07, 6.45) is 6.79. The molecule has 2 aliphatic rings. The molecule has 1 saturated carbocycles. The van der Waals surface area contributed by atoms with E-state index in [-0.39, 0.29) is 0 Å². The fourth-order valence-electron chi connectivity index (χ4n) is 4.55. The van der Waals surface area contributed by atoms with E-state index in [9.17, 15) is 0 Å². The summed E-state index contributed by atoms with van der Waals surface area (Å²) in [7, 11) is 4.53. The molecule has 20 heavy (non-hydrogen) atoms. The van der Waals surface area contributed by atoms with E-state index in [1.54, 1.807) is 0 Å². The number of likely N-dealkylation sites (N-methyl/N-ethyl adjacent to an activating group) is 2. The van der Waals surface area contributed by atoms with Crippen LogP contribution in [0.1, 0.15) is 52.9 Å². The van der Waals surface area contributed by atoms with Crippen LogP contribution in [0.5, 0.6) is 0 Å².